The van der Waals surface area contributed by atoms with E-state index in [4.69, 9.17) is 33.0 Å². The molecule has 24 heavy (non-hydrogen) atoms. The van der Waals surface area contributed by atoms with Crippen molar-refractivity contribution < 1.29 is 24.2 Å². The molecule has 1 aliphatic rings. The van der Waals surface area contributed by atoms with E-state index in [1.807, 2.05) is 0 Å². The van der Waals surface area contributed by atoms with Crippen LogP contribution in [0.1, 0.15) is 30.9 Å². The van der Waals surface area contributed by atoms with Crippen molar-refractivity contribution in [1.29, 1.82) is 0 Å². The first-order valence-corrected chi connectivity index (χ1v) is 7.92. The Bertz CT molecular complexity index is 680. The van der Waals surface area contributed by atoms with Gasteiger partial charge in [-0.15, -0.1) is 0 Å². The summed E-state index contributed by atoms with van der Waals surface area (Å²) in [7, 11) is 1.27. The van der Waals surface area contributed by atoms with Gasteiger partial charge >= 0.3 is 11.9 Å². The smallest absolute Gasteiger partial charge is 0.328 e. The Balaban J connectivity index is 2.27. The van der Waals surface area contributed by atoms with Crippen LogP contribution >= 0.6 is 23.2 Å². The first kappa shape index (κ1) is 18.4. The molecule has 0 aliphatic carbocycles. The molecule has 9 heteroatoms. The van der Waals surface area contributed by atoms with E-state index >= 15 is 0 Å². The molecule has 7 nitrogen and oxygen atoms in total. The first-order valence-electron chi connectivity index (χ1n) is 7.16. The number of nitrogens with one attached hydrogen (secondary N) is 2. The lowest BCUT2D eigenvalue weighted by Gasteiger charge is -2.33. The maximum atomic E-state index is 12.0. The van der Waals surface area contributed by atoms with Crippen LogP contribution in [0.5, 0.6) is 0 Å². The van der Waals surface area contributed by atoms with Crippen LogP contribution < -0.4 is 10.6 Å². The zero-order valence-corrected chi connectivity index (χ0v) is 14.3. The Morgan fingerprint density at radius 1 is 1.33 bits per heavy atom. The highest BCUT2D eigenvalue weighted by Gasteiger charge is 2.34. The maximum Gasteiger partial charge on any atom is 0.328 e. The number of carbonyl (C=O) groups is 3. The number of ether oxygens (including phenoxy) is 1. The highest BCUT2D eigenvalue weighted by Crippen LogP contribution is 2.40. The number of methoxy groups -OCH3 is 1. The zero-order chi connectivity index (χ0) is 17.9. The third kappa shape index (κ3) is 4.30. The summed E-state index contributed by atoms with van der Waals surface area (Å²) in [5.41, 5.74) is 1.13. The number of fused-ring (bicyclic) bond motifs is 1. The van der Waals surface area contributed by atoms with E-state index in [0.717, 1.165) is 0 Å². The molecular weight excluding hydrogens is 359 g/mol. The van der Waals surface area contributed by atoms with Crippen LogP contribution in [0.2, 0.25) is 10.0 Å². The Kier molecular flexibility index (Phi) is 5.90. The van der Waals surface area contributed by atoms with Crippen molar-refractivity contribution in [2.75, 3.05) is 12.4 Å². The van der Waals surface area contributed by atoms with Gasteiger partial charge in [0.2, 0.25) is 5.91 Å². The van der Waals surface area contributed by atoms with Crippen LogP contribution in [0.3, 0.4) is 0 Å². The van der Waals surface area contributed by atoms with E-state index in [1.54, 1.807) is 12.1 Å². The minimum Gasteiger partial charge on any atom is -0.481 e. The van der Waals surface area contributed by atoms with Crippen molar-refractivity contribution in [3.05, 3.63) is 27.7 Å². The number of halogens is 2. The molecule has 1 aliphatic heterocycles. The topological polar surface area (TPSA) is 105 Å². The number of carboxylic acids is 1. The van der Waals surface area contributed by atoms with Gasteiger partial charge < -0.3 is 20.5 Å². The second-order valence-electron chi connectivity index (χ2n) is 5.32. The van der Waals surface area contributed by atoms with Gasteiger partial charge in [0, 0.05) is 34.1 Å². The molecule has 3 N–H and O–H groups in total. The summed E-state index contributed by atoms with van der Waals surface area (Å²) >= 11 is 12.2. The molecule has 130 valence electrons. The monoisotopic (exact) mass is 374 g/mol. The summed E-state index contributed by atoms with van der Waals surface area (Å²) in [5, 5.41) is 15.1. The minimum atomic E-state index is -1.06. The molecule has 2 atom stereocenters. The van der Waals surface area contributed by atoms with Gasteiger partial charge in [0.05, 0.1) is 19.6 Å². The predicted octanol–water partition coefficient (Wildman–Crippen LogP) is 2.37. The number of rotatable bonds is 5. The van der Waals surface area contributed by atoms with Gasteiger partial charge in [-0.25, -0.2) is 4.79 Å². The maximum absolute atomic E-state index is 12.0. The molecule has 0 saturated carbocycles. The largest absolute Gasteiger partial charge is 0.481 e. The average Bonchev–Trinajstić information content (AvgIpc) is 2.51. The van der Waals surface area contributed by atoms with Crippen LogP contribution in [-0.2, 0) is 19.1 Å². The van der Waals surface area contributed by atoms with Crippen LogP contribution in [-0.4, -0.2) is 36.1 Å². The summed E-state index contributed by atoms with van der Waals surface area (Å²) < 4.78 is 4.74. The Hall–Kier alpha value is -1.99. The summed E-state index contributed by atoms with van der Waals surface area (Å²) in [6, 6.07) is 1.91. The lowest BCUT2D eigenvalue weighted by atomic mass is 9.92. The summed E-state index contributed by atoms with van der Waals surface area (Å²) in [5.74, 6) is -1.99. The second-order valence-corrected chi connectivity index (χ2v) is 6.16. The lowest BCUT2D eigenvalue weighted by molar-refractivity contribution is -0.142. The van der Waals surface area contributed by atoms with E-state index in [9.17, 15) is 14.4 Å². The third-order valence-corrected chi connectivity index (χ3v) is 4.16. The molecule has 1 heterocycles. The van der Waals surface area contributed by atoms with Gasteiger partial charge in [-0.05, 0) is 12.1 Å². The van der Waals surface area contributed by atoms with Crippen molar-refractivity contribution in [2.24, 2.45) is 0 Å². The van der Waals surface area contributed by atoms with Crippen molar-refractivity contribution in [3.8, 4) is 0 Å². The molecule has 0 spiro atoms. The molecule has 0 aromatic heterocycles. The van der Waals surface area contributed by atoms with Crippen LogP contribution in [0.4, 0.5) is 5.69 Å². The SMILES string of the molecule is COC(=O)[C@@H]1C[C@@H](NC(=O)CCC(=O)O)c2c(Cl)cc(Cl)cc2N1. The van der Waals surface area contributed by atoms with Crippen molar-refractivity contribution in [2.45, 2.75) is 31.3 Å². The lowest BCUT2D eigenvalue weighted by Crippen LogP contribution is -2.41. The number of esters is 1. The molecule has 0 bridgehead atoms. The summed E-state index contributed by atoms with van der Waals surface area (Å²) in [4.78, 5) is 34.4. The van der Waals surface area contributed by atoms with Gasteiger partial charge in [-0.3, -0.25) is 9.59 Å². The number of carboxylic acid groups (broad SMARTS) is 1. The average molecular weight is 375 g/mol. The fourth-order valence-electron chi connectivity index (χ4n) is 2.57. The normalized spacial score (nSPS) is 19.0. The van der Waals surface area contributed by atoms with E-state index in [0.29, 0.717) is 21.3 Å². The highest BCUT2D eigenvalue weighted by atomic mass is 35.5. The van der Waals surface area contributed by atoms with Crippen molar-refractivity contribution >= 4 is 46.7 Å². The number of amides is 1. The van der Waals surface area contributed by atoms with E-state index in [2.05, 4.69) is 10.6 Å². The molecule has 0 fully saturated rings. The zero-order valence-electron chi connectivity index (χ0n) is 12.8. The Morgan fingerprint density at radius 3 is 2.67 bits per heavy atom. The van der Waals surface area contributed by atoms with Gasteiger partial charge in [-0.1, -0.05) is 23.2 Å². The van der Waals surface area contributed by atoms with Crippen molar-refractivity contribution in [1.82, 2.24) is 5.32 Å². The number of hydrogen-bond donors (Lipinski definition) is 3. The first-order chi connectivity index (χ1) is 11.3. The molecule has 1 aromatic carbocycles. The van der Waals surface area contributed by atoms with Gasteiger partial charge in [-0.2, -0.15) is 0 Å². The molecule has 0 unspecified atom stereocenters. The fourth-order valence-corrected chi connectivity index (χ4v) is 3.20. The van der Waals surface area contributed by atoms with Crippen LogP contribution in [0.15, 0.2) is 12.1 Å². The van der Waals surface area contributed by atoms with E-state index in [1.165, 1.54) is 7.11 Å². The quantitative estimate of drug-likeness (QED) is 0.683. The number of carbonyl (C=O) groups excluding carboxylic acids is 2. The molecular formula is C15H16Cl2N2O5. The molecule has 0 saturated heterocycles. The number of hydrogen-bond acceptors (Lipinski definition) is 5. The van der Waals surface area contributed by atoms with Gasteiger partial charge in [0.15, 0.2) is 0 Å². The van der Waals surface area contributed by atoms with Crippen molar-refractivity contribution in [3.63, 3.8) is 0 Å². The highest BCUT2D eigenvalue weighted by molar-refractivity contribution is 6.35. The minimum absolute atomic E-state index is 0.164. The summed E-state index contributed by atoms with van der Waals surface area (Å²) in [6.07, 6.45) is -0.221. The Labute approximate surface area is 148 Å². The molecule has 1 aromatic rings. The second kappa shape index (κ2) is 7.72. The van der Waals surface area contributed by atoms with E-state index < -0.39 is 29.9 Å². The van der Waals surface area contributed by atoms with Crippen LogP contribution in [0.25, 0.3) is 0 Å². The fraction of sp³-hybridized carbons (Fsp3) is 0.400. The third-order valence-electron chi connectivity index (χ3n) is 3.63. The number of anilines is 1. The van der Waals surface area contributed by atoms with Gasteiger partial charge in [0.25, 0.3) is 0 Å². The number of aliphatic carboxylic acids is 1. The molecule has 0 radical (unpaired) electrons. The number of benzene rings is 1. The standard InChI is InChI=1S/C15H16Cl2N2O5/c1-24-15(23)11-6-10(19-12(20)2-3-13(21)22)14-8(17)4-7(16)5-9(14)18-11/h4-5,10-11,18H,2-3,6H2,1H3,(H,19,20)(H,21,22)/t10-,11+/m1/s1. The molecule has 2 rings (SSSR count). The van der Waals surface area contributed by atoms with Crippen LogP contribution in [0, 0.1) is 0 Å². The summed E-state index contributed by atoms with van der Waals surface area (Å²) in [6.45, 7) is 0. The van der Waals surface area contributed by atoms with Gasteiger partial charge in [0.1, 0.15) is 6.04 Å². The molecule has 1 amide bonds. The Morgan fingerprint density at radius 2 is 2.04 bits per heavy atom. The van der Waals surface area contributed by atoms with E-state index in [-0.39, 0.29) is 19.3 Å². The predicted molar refractivity (Wildman–Crippen MR) is 88.3 cm³/mol.